The van der Waals surface area contributed by atoms with E-state index in [0.717, 1.165) is 82.2 Å². The number of hydrogen-bond acceptors (Lipinski definition) is 8. The van der Waals surface area contributed by atoms with Gasteiger partial charge in [-0.1, -0.05) is 32.6 Å². The van der Waals surface area contributed by atoms with Crippen molar-refractivity contribution in [2.45, 2.75) is 94.5 Å². The monoisotopic (exact) mass is 584 g/mol. The number of piperidine rings is 1. The van der Waals surface area contributed by atoms with Crippen LogP contribution in [0, 0.1) is 0 Å². The molecule has 0 saturated carbocycles. The van der Waals surface area contributed by atoms with Gasteiger partial charge in [0.05, 0.1) is 11.5 Å². The Balaban J connectivity index is 1.15. The molecule has 226 valence electrons. The predicted molar refractivity (Wildman–Crippen MR) is 164 cm³/mol. The number of likely N-dealkylation sites (tertiary alicyclic amines) is 1. The fourth-order valence-corrected chi connectivity index (χ4v) is 7.81. The van der Waals surface area contributed by atoms with E-state index in [1.54, 1.807) is 28.6 Å². The van der Waals surface area contributed by atoms with Gasteiger partial charge in [-0.3, -0.25) is 4.90 Å². The molecule has 1 unspecified atom stereocenters. The van der Waals surface area contributed by atoms with Gasteiger partial charge >= 0.3 is 0 Å². The van der Waals surface area contributed by atoms with Crippen LogP contribution in [0.1, 0.15) is 77.6 Å². The number of unbranched alkanes of at least 4 members (excludes halogenated alkanes) is 1. The lowest BCUT2D eigenvalue weighted by molar-refractivity contribution is 0.140. The van der Waals surface area contributed by atoms with Gasteiger partial charge in [-0.15, -0.1) is 0 Å². The highest BCUT2D eigenvalue weighted by atomic mass is 32.2. The highest BCUT2D eigenvalue weighted by Crippen LogP contribution is 2.27. The minimum atomic E-state index is -3.51. The van der Waals surface area contributed by atoms with Crippen molar-refractivity contribution in [1.29, 1.82) is 0 Å². The number of sulfonamides is 1. The Morgan fingerprint density at radius 2 is 1.63 bits per heavy atom. The van der Waals surface area contributed by atoms with Gasteiger partial charge in [0.2, 0.25) is 16.0 Å². The standard InChI is InChI=1S/C31H48N6O3S/c1-2-3-24-40-28-11-13-29(14-12-28)41(38,39)37-22-16-27(17-23-37)36-21-9-6-10-26(25-36)33-31-32-18-15-30(34-31)35-19-7-4-5-8-20-35/h11-15,18,26-27H,2-10,16-17,19-25H2,1H3,(H,32,33,34). The molecule has 3 aliphatic heterocycles. The summed E-state index contributed by atoms with van der Waals surface area (Å²) in [5.41, 5.74) is 0. The summed E-state index contributed by atoms with van der Waals surface area (Å²) in [6, 6.07) is 9.61. The lowest BCUT2D eigenvalue weighted by Gasteiger charge is -2.38. The van der Waals surface area contributed by atoms with Gasteiger partial charge < -0.3 is 15.0 Å². The van der Waals surface area contributed by atoms with Crippen molar-refractivity contribution in [2.24, 2.45) is 0 Å². The van der Waals surface area contributed by atoms with E-state index in [9.17, 15) is 8.42 Å². The van der Waals surface area contributed by atoms with E-state index in [1.807, 2.05) is 12.3 Å². The molecular weight excluding hydrogens is 536 g/mol. The van der Waals surface area contributed by atoms with Crippen molar-refractivity contribution >= 4 is 21.8 Å². The average Bonchev–Trinajstić information content (AvgIpc) is 3.42. The lowest BCUT2D eigenvalue weighted by Crippen LogP contribution is -2.49. The molecule has 0 amide bonds. The molecule has 1 aromatic carbocycles. The average molecular weight is 585 g/mol. The molecule has 1 N–H and O–H groups in total. The smallest absolute Gasteiger partial charge is 0.243 e. The molecule has 10 heteroatoms. The number of nitrogens with one attached hydrogen (secondary N) is 1. The Labute approximate surface area is 246 Å². The molecular formula is C31H48N6O3S. The van der Waals surface area contributed by atoms with Crippen LogP contribution in [0.2, 0.25) is 0 Å². The fourth-order valence-electron chi connectivity index (χ4n) is 6.34. The maximum absolute atomic E-state index is 13.4. The Morgan fingerprint density at radius 1 is 0.902 bits per heavy atom. The van der Waals surface area contributed by atoms with E-state index in [4.69, 9.17) is 9.72 Å². The molecule has 0 radical (unpaired) electrons. The largest absolute Gasteiger partial charge is 0.494 e. The SMILES string of the molecule is CCCCOc1ccc(S(=O)(=O)N2CCC(N3CCCCC(Nc4nccc(N5CCCCCC5)n4)C3)CC2)cc1. The highest BCUT2D eigenvalue weighted by Gasteiger charge is 2.33. The zero-order chi connectivity index (χ0) is 28.5. The van der Waals surface area contributed by atoms with E-state index < -0.39 is 10.0 Å². The van der Waals surface area contributed by atoms with Crippen LogP contribution < -0.4 is 15.0 Å². The fraction of sp³-hybridized carbons (Fsp3) is 0.677. The molecule has 3 saturated heterocycles. The number of ether oxygens (including phenoxy) is 1. The van der Waals surface area contributed by atoms with E-state index in [0.29, 0.717) is 30.6 Å². The van der Waals surface area contributed by atoms with Gasteiger partial charge in [-0.2, -0.15) is 9.29 Å². The summed E-state index contributed by atoms with van der Waals surface area (Å²) in [5.74, 6) is 2.47. The Hall–Kier alpha value is -2.43. The normalized spacial score (nSPS) is 22.2. The maximum atomic E-state index is 13.4. The topological polar surface area (TPSA) is 90.9 Å². The van der Waals surface area contributed by atoms with Gasteiger partial charge in [0.1, 0.15) is 11.6 Å². The van der Waals surface area contributed by atoms with E-state index in [-0.39, 0.29) is 6.04 Å². The summed E-state index contributed by atoms with van der Waals surface area (Å²) in [6.45, 7) is 8.02. The first kappa shape index (κ1) is 30.0. The van der Waals surface area contributed by atoms with Gasteiger partial charge in [-0.25, -0.2) is 13.4 Å². The van der Waals surface area contributed by atoms with Crippen LogP contribution in [-0.4, -0.2) is 85.5 Å². The van der Waals surface area contributed by atoms with E-state index >= 15 is 0 Å². The Bertz CT molecular complexity index is 1180. The van der Waals surface area contributed by atoms with Crippen molar-refractivity contribution < 1.29 is 13.2 Å². The third-order valence-corrected chi connectivity index (χ3v) is 10.7. The zero-order valence-electron chi connectivity index (χ0n) is 24.7. The number of benzene rings is 1. The van der Waals surface area contributed by atoms with Gasteiger partial charge in [-0.05, 0) is 81.8 Å². The van der Waals surface area contributed by atoms with Crippen molar-refractivity contribution in [3.63, 3.8) is 0 Å². The van der Waals surface area contributed by atoms with Crippen LogP contribution in [0.3, 0.4) is 0 Å². The highest BCUT2D eigenvalue weighted by molar-refractivity contribution is 7.89. The third kappa shape index (κ3) is 8.11. The van der Waals surface area contributed by atoms with Crippen LogP contribution in [0.5, 0.6) is 5.75 Å². The second-order valence-corrected chi connectivity index (χ2v) is 13.7. The summed E-state index contributed by atoms with van der Waals surface area (Å²) in [6.07, 6.45) is 14.1. The minimum absolute atomic E-state index is 0.289. The summed E-state index contributed by atoms with van der Waals surface area (Å²) < 4.78 is 34.1. The molecule has 0 spiro atoms. The number of nitrogens with zero attached hydrogens (tertiary/aromatic N) is 5. The number of aromatic nitrogens is 2. The van der Waals surface area contributed by atoms with Crippen molar-refractivity contribution in [3.05, 3.63) is 36.5 Å². The van der Waals surface area contributed by atoms with Gasteiger partial charge in [0, 0.05) is 51.0 Å². The molecule has 0 bridgehead atoms. The van der Waals surface area contributed by atoms with Gasteiger partial charge in [0.15, 0.2) is 0 Å². The van der Waals surface area contributed by atoms with Crippen LogP contribution >= 0.6 is 0 Å². The summed E-state index contributed by atoms with van der Waals surface area (Å²) in [4.78, 5) is 14.8. The molecule has 0 aliphatic carbocycles. The first-order valence-corrected chi connectivity index (χ1v) is 17.3. The number of anilines is 2. The molecule has 1 aromatic heterocycles. The molecule has 1 atom stereocenters. The molecule has 2 aromatic rings. The van der Waals surface area contributed by atoms with Crippen molar-refractivity contribution in [3.8, 4) is 5.75 Å². The quantitative estimate of drug-likeness (QED) is 0.383. The summed E-state index contributed by atoms with van der Waals surface area (Å²) in [5, 5.41) is 3.65. The summed E-state index contributed by atoms with van der Waals surface area (Å²) in [7, 11) is -3.51. The molecule has 9 nitrogen and oxygen atoms in total. The predicted octanol–water partition coefficient (Wildman–Crippen LogP) is 5.16. The number of hydrogen-bond donors (Lipinski definition) is 1. The molecule has 41 heavy (non-hydrogen) atoms. The number of rotatable bonds is 10. The third-order valence-electron chi connectivity index (χ3n) is 8.77. The first-order chi connectivity index (χ1) is 20.0. The van der Waals surface area contributed by atoms with Crippen LogP contribution in [-0.2, 0) is 10.0 Å². The molecule has 5 rings (SSSR count). The summed E-state index contributed by atoms with van der Waals surface area (Å²) >= 11 is 0. The maximum Gasteiger partial charge on any atom is 0.243 e. The van der Waals surface area contributed by atoms with Crippen molar-refractivity contribution in [1.82, 2.24) is 19.2 Å². The Morgan fingerprint density at radius 3 is 2.37 bits per heavy atom. The zero-order valence-corrected chi connectivity index (χ0v) is 25.5. The second-order valence-electron chi connectivity index (χ2n) is 11.8. The Kier molecular flexibility index (Phi) is 10.7. The molecule has 3 aliphatic rings. The molecule has 3 fully saturated rings. The lowest BCUT2D eigenvalue weighted by atomic mass is 10.0. The first-order valence-electron chi connectivity index (χ1n) is 15.8. The van der Waals surface area contributed by atoms with Gasteiger partial charge in [0.25, 0.3) is 0 Å². The van der Waals surface area contributed by atoms with E-state index in [1.165, 1.54) is 32.1 Å². The molecule has 4 heterocycles. The van der Waals surface area contributed by atoms with Crippen molar-refractivity contribution in [2.75, 3.05) is 56.1 Å². The van der Waals surface area contributed by atoms with Crippen LogP contribution in [0.25, 0.3) is 0 Å². The van der Waals surface area contributed by atoms with Crippen LogP contribution in [0.4, 0.5) is 11.8 Å². The van der Waals surface area contributed by atoms with E-state index in [2.05, 4.69) is 27.0 Å². The van der Waals surface area contributed by atoms with Crippen LogP contribution in [0.15, 0.2) is 41.4 Å². The minimum Gasteiger partial charge on any atom is -0.494 e. The second kappa shape index (κ2) is 14.6.